The van der Waals surface area contributed by atoms with Gasteiger partial charge in [0.2, 0.25) is 0 Å². The minimum atomic E-state index is -1.60. The summed E-state index contributed by atoms with van der Waals surface area (Å²) in [5.41, 5.74) is -0.904. The topological polar surface area (TPSA) is 150 Å². The molecule has 0 fully saturated rings. The number of hydrogen-bond donors (Lipinski definition) is 4. The summed E-state index contributed by atoms with van der Waals surface area (Å²) in [6.07, 6.45) is 1.14. The first-order valence-corrected chi connectivity index (χ1v) is 10.8. The first-order chi connectivity index (χ1) is 16.4. The Morgan fingerprint density at radius 1 is 1.11 bits per heavy atom. The highest BCUT2D eigenvalue weighted by molar-refractivity contribution is 6.31. The molecule has 2 aromatic carbocycles. The van der Waals surface area contributed by atoms with Crippen molar-refractivity contribution in [3.63, 3.8) is 0 Å². The van der Waals surface area contributed by atoms with Crippen LogP contribution in [0.2, 0.25) is 0 Å². The van der Waals surface area contributed by atoms with E-state index in [-0.39, 0.29) is 51.6 Å². The third kappa shape index (κ3) is 3.47. The van der Waals surface area contributed by atoms with Crippen LogP contribution >= 0.6 is 0 Å². The van der Waals surface area contributed by atoms with Crippen molar-refractivity contribution in [2.24, 2.45) is 0 Å². The Bertz CT molecular complexity index is 1410. The number of Topliss-reactive ketones (excluding diaryl/α,β-unsaturated/α-hetero) is 2. The maximum atomic E-state index is 13.8. The molecule has 0 saturated carbocycles. The minimum Gasteiger partial charge on any atom is -0.507 e. The van der Waals surface area contributed by atoms with Gasteiger partial charge in [0, 0.05) is 23.9 Å². The molecule has 1 atom stereocenters. The minimum absolute atomic E-state index is 0.0150. The molecule has 0 aromatic heterocycles. The van der Waals surface area contributed by atoms with Gasteiger partial charge in [-0.2, -0.15) is 0 Å². The molecule has 35 heavy (non-hydrogen) atoms. The number of hydrogen-bond acceptors (Lipinski definition) is 8. The zero-order valence-electron chi connectivity index (χ0n) is 19.5. The molecule has 2 aromatic rings. The van der Waals surface area contributed by atoms with E-state index < -0.39 is 40.2 Å². The SMILES string of the molecule is CC(=O)c1c(O)c(C)c(O)c2c1OC1=CC(=O)C(=C(C)NCc3cccc(C(=O)O)c3)C(=O)[C@@]12C. The van der Waals surface area contributed by atoms with Crippen LogP contribution in [-0.4, -0.2) is 38.6 Å². The van der Waals surface area contributed by atoms with E-state index in [1.807, 2.05) is 0 Å². The second-order valence-electron chi connectivity index (χ2n) is 8.75. The van der Waals surface area contributed by atoms with Gasteiger partial charge >= 0.3 is 5.97 Å². The first kappa shape index (κ1) is 23.7. The molecule has 4 rings (SSSR count). The summed E-state index contributed by atoms with van der Waals surface area (Å²) in [6.45, 7) is 5.83. The molecule has 0 amide bonds. The molecule has 1 aliphatic heterocycles. The molecule has 0 bridgehead atoms. The summed E-state index contributed by atoms with van der Waals surface area (Å²) in [6, 6.07) is 6.24. The van der Waals surface area contributed by atoms with Gasteiger partial charge in [0.15, 0.2) is 17.3 Å². The maximum Gasteiger partial charge on any atom is 0.335 e. The van der Waals surface area contributed by atoms with Crippen molar-refractivity contribution in [1.82, 2.24) is 5.32 Å². The van der Waals surface area contributed by atoms with E-state index >= 15 is 0 Å². The number of carbonyl (C=O) groups is 4. The predicted molar refractivity (Wildman–Crippen MR) is 124 cm³/mol. The average Bonchev–Trinajstić information content (AvgIpc) is 3.09. The van der Waals surface area contributed by atoms with E-state index in [0.717, 1.165) is 6.08 Å². The first-order valence-electron chi connectivity index (χ1n) is 10.8. The van der Waals surface area contributed by atoms with Gasteiger partial charge in [-0.3, -0.25) is 14.4 Å². The third-order valence-electron chi connectivity index (χ3n) is 6.49. The summed E-state index contributed by atoms with van der Waals surface area (Å²) in [5.74, 6) is -3.90. The molecule has 0 unspecified atom stereocenters. The summed E-state index contributed by atoms with van der Waals surface area (Å²) in [7, 11) is 0. The van der Waals surface area contributed by atoms with Gasteiger partial charge in [0.25, 0.3) is 0 Å². The Kier molecular flexibility index (Phi) is 5.51. The number of ketones is 3. The number of carboxylic acid groups (broad SMARTS) is 1. The lowest BCUT2D eigenvalue weighted by atomic mass is 9.70. The van der Waals surface area contributed by atoms with Crippen LogP contribution in [0.15, 0.2) is 47.4 Å². The molecule has 0 spiro atoms. The van der Waals surface area contributed by atoms with E-state index in [2.05, 4.69) is 5.32 Å². The summed E-state index contributed by atoms with van der Waals surface area (Å²) < 4.78 is 5.74. The summed E-state index contributed by atoms with van der Waals surface area (Å²) in [4.78, 5) is 50.2. The average molecular weight is 477 g/mol. The largest absolute Gasteiger partial charge is 0.507 e. The van der Waals surface area contributed by atoms with Crippen LogP contribution in [0.4, 0.5) is 0 Å². The molecule has 9 nitrogen and oxygen atoms in total. The van der Waals surface area contributed by atoms with Crippen molar-refractivity contribution in [1.29, 1.82) is 0 Å². The fraction of sp³-hybridized carbons (Fsp3) is 0.231. The third-order valence-corrected chi connectivity index (χ3v) is 6.49. The number of ether oxygens (including phenoxy) is 1. The van der Waals surface area contributed by atoms with Crippen molar-refractivity contribution in [3.8, 4) is 17.2 Å². The molecular formula is C26H23NO8. The van der Waals surface area contributed by atoms with E-state index in [1.54, 1.807) is 19.1 Å². The smallest absolute Gasteiger partial charge is 0.335 e. The Hall–Kier alpha value is -4.40. The molecule has 0 saturated heterocycles. The Balaban J connectivity index is 1.79. The quantitative estimate of drug-likeness (QED) is 0.289. The molecule has 9 heteroatoms. The fourth-order valence-corrected chi connectivity index (χ4v) is 4.50. The highest BCUT2D eigenvalue weighted by Crippen LogP contribution is 2.57. The summed E-state index contributed by atoms with van der Waals surface area (Å²) >= 11 is 0. The number of phenols is 2. The standard InChI is InChI=1S/C26H23NO8/c1-11-21(30)19(13(3)28)23-20(22(11)31)26(4)17(35-23)9-16(29)18(24(26)32)12(2)27-10-14-6-5-7-15(8-14)25(33)34/h5-9,27,30-31H,10H2,1-4H3,(H,33,34)/t26-/m0/s1. The van der Waals surface area contributed by atoms with Gasteiger partial charge < -0.3 is 25.4 Å². The number of benzene rings is 2. The van der Waals surface area contributed by atoms with Crippen molar-refractivity contribution in [2.45, 2.75) is 39.7 Å². The maximum absolute atomic E-state index is 13.8. The van der Waals surface area contributed by atoms with Gasteiger partial charge in [-0.1, -0.05) is 12.1 Å². The lowest BCUT2D eigenvalue weighted by molar-refractivity contribution is -0.123. The highest BCUT2D eigenvalue weighted by atomic mass is 16.5. The van der Waals surface area contributed by atoms with Crippen LogP contribution in [0.1, 0.15) is 58.2 Å². The number of rotatable bonds is 5. The Labute approximate surface area is 200 Å². The van der Waals surface area contributed by atoms with Crippen molar-refractivity contribution < 1.29 is 39.2 Å². The Morgan fingerprint density at radius 2 is 1.80 bits per heavy atom. The number of carbonyl (C=O) groups excluding carboxylic acids is 3. The van der Waals surface area contributed by atoms with Crippen LogP contribution in [0, 0.1) is 6.92 Å². The lowest BCUT2D eigenvalue weighted by Gasteiger charge is -2.29. The fourth-order valence-electron chi connectivity index (χ4n) is 4.50. The number of phenolic OH excluding ortho intramolecular Hbond substituents is 2. The van der Waals surface area contributed by atoms with Crippen LogP contribution in [0.3, 0.4) is 0 Å². The highest BCUT2D eigenvalue weighted by Gasteiger charge is 2.56. The van der Waals surface area contributed by atoms with E-state index in [9.17, 15) is 34.5 Å². The number of aromatic carboxylic acids is 1. The van der Waals surface area contributed by atoms with E-state index in [1.165, 1.54) is 32.9 Å². The van der Waals surface area contributed by atoms with Crippen LogP contribution in [-0.2, 0) is 21.5 Å². The van der Waals surface area contributed by atoms with Gasteiger partial charge in [-0.05, 0) is 45.4 Å². The lowest BCUT2D eigenvalue weighted by Crippen LogP contribution is -2.41. The van der Waals surface area contributed by atoms with Gasteiger partial charge in [0.05, 0.1) is 16.7 Å². The molecule has 4 N–H and O–H groups in total. The summed E-state index contributed by atoms with van der Waals surface area (Å²) in [5, 5.41) is 33.5. The van der Waals surface area contributed by atoms with Crippen molar-refractivity contribution in [3.05, 3.63) is 75.2 Å². The number of carboxylic acids is 1. The molecular weight excluding hydrogens is 454 g/mol. The molecule has 1 aliphatic carbocycles. The number of allylic oxidation sites excluding steroid dienone is 4. The van der Waals surface area contributed by atoms with E-state index in [0.29, 0.717) is 5.56 Å². The monoisotopic (exact) mass is 477 g/mol. The predicted octanol–water partition coefficient (Wildman–Crippen LogP) is 3.06. The second-order valence-corrected chi connectivity index (χ2v) is 8.75. The van der Waals surface area contributed by atoms with Gasteiger partial charge in [0.1, 0.15) is 34.0 Å². The zero-order valence-corrected chi connectivity index (χ0v) is 19.5. The van der Waals surface area contributed by atoms with Crippen molar-refractivity contribution in [2.75, 3.05) is 0 Å². The molecule has 2 aliphatic rings. The molecule has 1 heterocycles. The number of aromatic hydroxyl groups is 2. The van der Waals surface area contributed by atoms with Crippen LogP contribution < -0.4 is 10.1 Å². The van der Waals surface area contributed by atoms with Gasteiger partial charge in [-0.25, -0.2) is 4.79 Å². The van der Waals surface area contributed by atoms with Gasteiger partial charge in [-0.15, -0.1) is 0 Å². The van der Waals surface area contributed by atoms with Crippen molar-refractivity contribution >= 4 is 23.3 Å². The second kappa shape index (κ2) is 8.12. The number of nitrogens with one attached hydrogen (secondary N) is 1. The molecule has 0 radical (unpaired) electrons. The van der Waals surface area contributed by atoms with Crippen LogP contribution in [0.25, 0.3) is 0 Å². The molecule has 180 valence electrons. The number of fused-ring (bicyclic) bond motifs is 3. The van der Waals surface area contributed by atoms with Crippen LogP contribution in [0.5, 0.6) is 17.2 Å². The Morgan fingerprint density at radius 3 is 2.43 bits per heavy atom. The normalized spacial score (nSPS) is 19.9. The van der Waals surface area contributed by atoms with E-state index in [4.69, 9.17) is 4.74 Å². The zero-order chi connectivity index (χ0) is 25.8.